The van der Waals surface area contributed by atoms with E-state index < -0.39 is 40.9 Å². The molecule has 1 aromatic rings. The van der Waals surface area contributed by atoms with E-state index in [1.54, 1.807) is 6.92 Å². The topological polar surface area (TPSA) is 119 Å². The Hall–Kier alpha value is -1.97. The van der Waals surface area contributed by atoms with Crippen molar-refractivity contribution < 1.29 is 19.7 Å². The van der Waals surface area contributed by atoms with Crippen molar-refractivity contribution >= 4 is 5.76 Å². The number of nitrogens with zero attached hydrogens (tertiary/aromatic N) is 2. The Morgan fingerprint density at radius 1 is 1.31 bits per heavy atom. The van der Waals surface area contributed by atoms with E-state index in [9.17, 15) is 24.9 Å². The molecule has 2 heterocycles. The number of rotatable bonds is 4. The number of aromatic amines is 1. The highest BCUT2D eigenvalue weighted by molar-refractivity contribution is 5.66. The second-order valence-corrected chi connectivity index (χ2v) is 9.20. The van der Waals surface area contributed by atoms with Gasteiger partial charge < -0.3 is 15.3 Å². The first-order valence-corrected chi connectivity index (χ1v) is 10.3. The first-order valence-electron chi connectivity index (χ1n) is 10.3. The molecule has 9 heteroatoms. The van der Waals surface area contributed by atoms with E-state index in [2.05, 4.69) is 4.98 Å². The Morgan fingerprint density at radius 3 is 2.59 bits per heavy atom. The zero-order chi connectivity index (χ0) is 20.7. The van der Waals surface area contributed by atoms with E-state index >= 15 is 4.39 Å². The zero-order valence-corrected chi connectivity index (χ0v) is 16.3. The fraction of sp³-hybridized carbons (Fsp3) is 0.700. The van der Waals surface area contributed by atoms with Crippen LogP contribution in [0.25, 0.3) is 5.76 Å². The van der Waals surface area contributed by atoms with Gasteiger partial charge in [0, 0.05) is 36.7 Å². The van der Waals surface area contributed by atoms with Gasteiger partial charge in [-0.1, -0.05) is 6.92 Å². The van der Waals surface area contributed by atoms with Crippen molar-refractivity contribution in [2.45, 2.75) is 56.7 Å². The van der Waals surface area contributed by atoms with Crippen LogP contribution < -0.4 is 11.2 Å². The summed E-state index contributed by atoms with van der Waals surface area (Å²) in [5.74, 6) is -2.15. The van der Waals surface area contributed by atoms with Crippen molar-refractivity contribution in [2.24, 2.45) is 11.3 Å². The molecular formula is C20H26FN3O5. The highest BCUT2D eigenvalue weighted by atomic mass is 19.1. The summed E-state index contributed by atoms with van der Waals surface area (Å²) in [6.07, 6.45) is 2.56. The van der Waals surface area contributed by atoms with Crippen molar-refractivity contribution in [3.8, 4) is 0 Å². The van der Waals surface area contributed by atoms with Crippen molar-refractivity contribution in [2.75, 3.05) is 19.7 Å². The molecule has 29 heavy (non-hydrogen) atoms. The minimum atomic E-state index is -0.873. The number of H-pyrrole nitrogens is 1. The molecule has 0 bridgehead atoms. The summed E-state index contributed by atoms with van der Waals surface area (Å²) in [5.41, 5.74) is -1.19. The highest BCUT2D eigenvalue weighted by Gasteiger charge is 2.59. The largest absolute Gasteiger partial charge is 0.504 e. The molecule has 4 unspecified atom stereocenters. The highest BCUT2D eigenvalue weighted by Crippen LogP contribution is 2.59. The van der Waals surface area contributed by atoms with Gasteiger partial charge in [-0.25, -0.2) is 9.18 Å². The maximum Gasteiger partial charge on any atom is 0.328 e. The molecule has 4 atom stereocenters. The van der Waals surface area contributed by atoms with Gasteiger partial charge in [0.05, 0.1) is 18.8 Å². The lowest BCUT2D eigenvalue weighted by Gasteiger charge is -2.37. The average Bonchev–Trinajstić information content (AvgIpc) is 3.58. The fourth-order valence-corrected chi connectivity index (χ4v) is 5.63. The zero-order valence-electron chi connectivity index (χ0n) is 16.3. The number of likely N-dealkylation sites (tertiary alicyclic amines) is 1. The SMILES string of the molecule is CC1c2c(c(=O)[nH]c(=O)n2C2CC2)C(O)=C(F)C1N1CC(C(O)CO)C2(CC2)C1. The lowest BCUT2D eigenvalue weighted by atomic mass is 9.86. The molecular weight excluding hydrogens is 381 g/mol. The molecule has 158 valence electrons. The van der Waals surface area contributed by atoms with Gasteiger partial charge in [0.2, 0.25) is 0 Å². The molecule has 2 saturated carbocycles. The van der Waals surface area contributed by atoms with Crippen LogP contribution in [0.15, 0.2) is 15.4 Å². The van der Waals surface area contributed by atoms with E-state index in [-0.39, 0.29) is 29.5 Å². The first kappa shape index (κ1) is 19.0. The molecule has 1 aliphatic heterocycles. The van der Waals surface area contributed by atoms with Crippen LogP contribution in [-0.2, 0) is 0 Å². The van der Waals surface area contributed by atoms with Crippen molar-refractivity contribution in [3.63, 3.8) is 0 Å². The summed E-state index contributed by atoms with van der Waals surface area (Å²) < 4.78 is 16.9. The molecule has 1 saturated heterocycles. The minimum absolute atomic E-state index is 0.0394. The van der Waals surface area contributed by atoms with Crippen LogP contribution in [0.4, 0.5) is 4.39 Å². The number of aliphatic hydroxyl groups is 3. The number of hydrogen-bond acceptors (Lipinski definition) is 6. The number of halogens is 1. The standard InChI is InChI=1S/C20H26FN3O5/c1-9-15-13(18(28)22-19(29)24(15)10-2-3-10)17(27)14(21)16(9)23-6-11(12(26)7-25)20(8-23)4-5-20/h9-12,16,25-27H,2-8H2,1H3,(H,22,28,29). The summed E-state index contributed by atoms with van der Waals surface area (Å²) in [6, 6.07) is -0.857. The Morgan fingerprint density at radius 2 is 2.00 bits per heavy atom. The molecule has 4 aliphatic rings. The predicted octanol–water partition coefficient (Wildman–Crippen LogP) is 0.618. The Balaban J connectivity index is 1.59. The molecule has 0 radical (unpaired) electrons. The normalized spacial score (nSPS) is 31.9. The second-order valence-electron chi connectivity index (χ2n) is 9.20. The van der Waals surface area contributed by atoms with E-state index in [1.807, 2.05) is 4.90 Å². The quantitative estimate of drug-likeness (QED) is 0.581. The van der Waals surface area contributed by atoms with Crippen LogP contribution in [0.3, 0.4) is 0 Å². The lowest BCUT2D eigenvalue weighted by Crippen LogP contribution is -2.46. The molecule has 0 amide bonds. The predicted molar refractivity (Wildman–Crippen MR) is 102 cm³/mol. The van der Waals surface area contributed by atoms with Crippen molar-refractivity contribution in [1.82, 2.24) is 14.5 Å². The van der Waals surface area contributed by atoms with Crippen LogP contribution in [0.2, 0.25) is 0 Å². The summed E-state index contributed by atoms with van der Waals surface area (Å²) in [7, 11) is 0. The summed E-state index contributed by atoms with van der Waals surface area (Å²) in [5, 5.41) is 30.3. The first-order chi connectivity index (χ1) is 13.8. The monoisotopic (exact) mass is 407 g/mol. The van der Waals surface area contributed by atoms with E-state index in [4.69, 9.17) is 0 Å². The van der Waals surface area contributed by atoms with E-state index in [1.165, 1.54) is 4.57 Å². The van der Waals surface area contributed by atoms with Crippen molar-refractivity contribution in [3.05, 3.63) is 37.9 Å². The fourth-order valence-electron chi connectivity index (χ4n) is 5.63. The van der Waals surface area contributed by atoms with Crippen LogP contribution >= 0.6 is 0 Å². The van der Waals surface area contributed by atoms with Gasteiger partial charge in [-0.05, 0) is 31.1 Å². The molecule has 1 aromatic heterocycles. The summed E-state index contributed by atoms with van der Waals surface area (Å²) >= 11 is 0. The summed E-state index contributed by atoms with van der Waals surface area (Å²) in [4.78, 5) is 29.0. The Labute approximate surface area is 166 Å². The Kier molecular flexibility index (Phi) is 4.11. The number of hydrogen-bond donors (Lipinski definition) is 4. The maximum absolute atomic E-state index is 15.4. The number of fused-ring (bicyclic) bond motifs is 1. The van der Waals surface area contributed by atoms with Crippen LogP contribution in [0.5, 0.6) is 0 Å². The van der Waals surface area contributed by atoms with Gasteiger partial charge in [0.25, 0.3) is 5.56 Å². The average molecular weight is 407 g/mol. The van der Waals surface area contributed by atoms with Crippen LogP contribution in [-0.4, -0.2) is 61.6 Å². The summed E-state index contributed by atoms with van der Waals surface area (Å²) in [6.45, 7) is 2.38. The molecule has 3 aliphatic carbocycles. The van der Waals surface area contributed by atoms with Gasteiger partial charge in [0.1, 0.15) is 5.56 Å². The van der Waals surface area contributed by atoms with E-state index in [0.29, 0.717) is 18.8 Å². The number of aromatic nitrogens is 2. The molecule has 8 nitrogen and oxygen atoms in total. The second kappa shape index (κ2) is 6.26. The Bertz CT molecular complexity index is 1010. The number of aliphatic hydroxyl groups excluding tert-OH is 3. The van der Waals surface area contributed by atoms with Gasteiger partial charge in [-0.15, -0.1) is 0 Å². The maximum atomic E-state index is 15.4. The van der Waals surface area contributed by atoms with Gasteiger partial charge in [-0.3, -0.25) is 19.2 Å². The van der Waals surface area contributed by atoms with Crippen LogP contribution in [0, 0.1) is 11.3 Å². The molecule has 4 N–H and O–H groups in total. The van der Waals surface area contributed by atoms with Gasteiger partial charge >= 0.3 is 5.69 Å². The van der Waals surface area contributed by atoms with Gasteiger partial charge in [-0.2, -0.15) is 0 Å². The van der Waals surface area contributed by atoms with Gasteiger partial charge in [0.15, 0.2) is 11.6 Å². The molecule has 1 spiro atoms. The molecule has 5 rings (SSSR count). The molecule has 3 fully saturated rings. The minimum Gasteiger partial charge on any atom is -0.504 e. The smallest absolute Gasteiger partial charge is 0.328 e. The third kappa shape index (κ3) is 2.67. The van der Waals surface area contributed by atoms with Crippen LogP contribution in [0.1, 0.15) is 55.8 Å². The third-order valence-corrected chi connectivity index (χ3v) is 7.39. The number of nitrogens with one attached hydrogen (secondary N) is 1. The molecule has 0 aromatic carbocycles. The van der Waals surface area contributed by atoms with Crippen molar-refractivity contribution in [1.29, 1.82) is 0 Å². The lowest BCUT2D eigenvalue weighted by molar-refractivity contribution is 0.0305. The third-order valence-electron chi connectivity index (χ3n) is 7.39. The van der Waals surface area contributed by atoms with E-state index in [0.717, 1.165) is 25.7 Å².